The molecule has 148 valence electrons. The monoisotopic (exact) mass is 428 g/mol. The fourth-order valence-electron chi connectivity index (χ4n) is 2.49. The lowest BCUT2D eigenvalue weighted by Crippen LogP contribution is -2.23. The van der Waals surface area contributed by atoms with Crippen LogP contribution in [0.4, 0.5) is 5.69 Å². The zero-order valence-electron chi connectivity index (χ0n) is 15.5. The van der Waals surface area contributed by atoms with E-state index in [0.717, 1.165) is 5.56 Å². The Morgan fingerprint density at radius 1 is 1.34 bits per heavy atom. The molecule has 1 heterocycles. The second-order valence-corrected chi connectivity index (χ2v) is 7.43. The Labute approximate surface area is 177 Å². The van der Waals surface area contributed by atoms with Crippen LogP contribution in [0.2, 0.25) is 5.02 Å². The normalized spacial score (nSPS) is 16.5. The van der Waals surface area contributed by atoms with E-state index < -0.39 is 5.97 Å². The summed E-state index contributed by atoms with van der Waals surface area (Å²) in [5.41, 5.74) is 1.34. The summed E-state index contributed by atoms with van der Waals surface area (Å²) in [7, 11) is 1.62. The van der Waals surface area contributed by atoms with Gasteiger partial charge in [0.2, 0.25) is 0 Å². The van der Waals surface area contributed by atoms with Gasteiger partial charge in [-0.05, 0) is 53.7 Å². The summed E-state index contributed by atoms with van der Waals surface area (Å²) >= 11 is 7.44. The number of thioether (sulfide) groups is 1. The number of amidine groups is 1. The number of hydrogen-bond acceptors (Lipinski definition) is 5. The average molecular weight is 429 g/mol. The molecule has 0 radical (unpaired) electrons. The standard InChI is InChI=1S/C21H17ClN2O4S/c1-3-9-28-17-8-7-13(10-16(17)22)11-18-19(25)24(2)21(29-18)23-15-6-4-5-14(12-15)20(26)27/h3-8,10-12H,1,9H2,2H3,(H,26,27)/b18-11-,23-21?. The third kappa shape index (κ3) is 4.88. The predicted octanol–water partition coefficient (Wildman–Crippen LogP) is 4.84. The SMILES string of the molecule is C=CCOc1ccc(/C=C2\SC(=Nc3cccc(C(=O)O)c3)N(C)C2=O)cc1Cl. The van der Waals surface area contributed by atoms with Crippen LogP contribution < -0.4 is 4.74 Å². The van der Waals surface area contributed by atoms with Crippen molar-refractivity contribution in [2.45, 2.75) is 0 Å². The number of rotatable bonds is 6. The largest absolute Gasteiger partial charge is 0.488 e. The summed E-state index contributed by atoms with van der Waals surface area (Å²) in [5, 5.41) is 10.0. The van der Waals surface area contributed by atoms with Crippen molar-refractivity contribution in [3.63, 3.8) is 0 Å². The molecule has 0 unspecified atom stereocenters. The van der Waals surface area contributed by atoms with Gasteiger partial charge in [-0.2, -0.15) is 0 Å². The number of ether oxygens (including phenoxy) is 1. The number of amides is 1. The molecule has 2 aromatic carbocycles. The Bertz CT molecular complexity index is 1050. The molecule has 0 bridgehead atoms. The highest BCUT2D eigenvalue weighted by Gasteiger charge is 2.30. The number of aliphatic imine (C=N–C) groups is 1. The minimum Gasteiger partial charge on any atom is -0.488 e. The first-order chi connectivity index (χ1) is 13.9. The van der Waals surface area contributed by atoms with E-state index in [9.17, 15) is 9.59 Å². The molecule has 6 nitrogen and oxygen atoms in total. The number of carbonyl (C=O) groups is 2. The first-order valence-electron chi connectivity index (χ1n) is 8.52. The van der Waals surface area contributed by atoms with Crippen molar-refractivity contribution < 1.29 is 19.4 Å². The van der Waals surface area contributed by atoms with Crippen molar-refractivity contribution in [2.75, 3.05) is 13.7 Å². The summed E-state index contributed by atoms with van der Waals surface area (Å²) in [4.78, 5) is 30.0. The van der Waals surface area contributed by atoms with E-state index in [1.807, 2.05) is 0 Å². The van der Waals surface area contributed by atoms with Gasteiger partial charge in [-0.3, -0.25) is 9.69 Å². The zero-order chi connectivity index (χ0) is 21.0. The molecule has 8 heteroatoms. The fraction of sp³-hybridized carbons (Fsp3) is 0.0952. The number of halogens is 1. The van der Waals surface area contributed by atoms with Gasteiger partial charge in [0.15, 0.2) is 5.17 Å². The van der Waals surface area contributed by atoms with Crippen LogP contribution in [0.5, 0.6) is 5.75 Å². The molecule has 1 amide bonds. The van der Waals surface area contributed by atoms with Gasteiger partial charge in [-0.25, -0.2) is 9.79 Å². The number of benzene rings is 2. The fourth-order valence-corrected chi connectivity index (χ4v) is 3.72. The summed E-state index contributed by atoms with van der Waals surface area (Å²) < 4.78 is 5.45. The highest BCUT2D eigenvalue weighted by atomic mass is 35.5. The summed E-state index contributed by atoms with van der Waals surface area (Å²) in [6, 6.07) is 11.5. The van der Waals surface area contributed by atoms with Crippen LogP contribution in [-0.2, 0) is 4.79 Å². The number of aromatic carboxylic acids is 1. The van der Waals surface area contributed by atoms with Crippen LogP contribution in [-0.4, -0.2) is 40.7 Å². The Kier molecular flexibility index (Phi) is 6.41. The smallest absolute Gasteiger partial charge is 0.335 e. The molecular weight excluding hydrogens is 412 g/mol. The van der Waals surface area contributed by atoms with Crippen LogP contribution in [0.3, 0.4) is 0 Å². The van der Waals surface area contributed by atoms with Gasteiger partial charge in [0.25, 0.3) is 5.91 Å². The van der Waals surface area contributed by atoms with Gasteiger partial charge >= 0.3 is 5.97 Å². The van der Waals surface area contributed by atoms with E-state index in [0.29, 0.717) is 33.1 Å². The number of carboxylic acid groups (broad SMARTS) is 1. The molecule has 1 saturated heterocycles. The summed E-state index contributed by atoms with van der Waals surface area (Å²) in [5.74, 6) is -0.698. The van der Waals surface area contributed by atoms with E-state index >= 15 is 0 Å². The molecular formula is C21H17ClN2O4S. The Morgan fingerprint density at radius 2 is 2.14 bits per heavy atom. The summed E-state index contributed by atoms with van der Waals surface area (Å²) in [6.07, 6.45) is 3.35. The molecule has 0 saturated carbocycles. The van der Waals surface area contributed by atoms with Crippen LogP contribution in [0.15, 0.2) is 65.0 Å². The van der Waals surface area contributed by atoms with Crippen LogP contribution in [0, 0.1) is 0 Å². The predicted molar refractivity (Wildman–Crippen MR) is 116 cm³/mol. The maximum Gasteiger partial charge on any atom is 0.335 e. The molecule has 0 aliphatic carbocycles. The first kappa shape index (κ1) is 20.7. The average Bonchev–Trinajstić information content (AvgIpc) is 2.95. The van der Waals surface area contributed by atoms with Gasteiger partial charge in [-0.15, -0.1) is 0 Å². The van der Waals surface area contributed by atoms with Crippen LogP contribution >= 0.6 is 23.4 Å². The third-order valence-corrected chi connectivity index (χ3v) is 5.29. The van der Waals surface area contributed by atoms with E-state index in [-0.39, 0.29) is 11.5 Å². The van der Waals surface area contributed by atoms with E-state index in [2.05, 4.69) is 11.6 Å². The van der Waals surface area contributed by atoms with Gasteiger partial charge < -0.3 is 9.84 Å². The number of hydrogen-bond donors (Lipinski definition) is 1. The van der Waals surface area contributed by atoms with Crippen molar-refractivity contribution in [2.24, 2.45) is 4.99 Å². The molecule has 0 atom stereocenters. The lowest BCUT2D eigenvalue weighted by atomic mass is 10.2. The molecule has 1 aliphatic rings. The maximum absolute atomic E-state index is 12.6. The zero-order valence-corrected chi connectivity index (χ0v) is 17.0. The van der Waals surface area contributed by atoms with E-state index in [1.165, 1.54) is 28.8 Å². The van der Waals surface area contributed by atoms with E-state index in [4.69, 9.17) is 21.4 Å². The molecule has 2 aromatic rings. The first-order valence-corrected chi connectivity index (χ1v) is 9.71. The topological polar surface area (TPSA) is 79.2 Å². The second kappa shape index (κ2) is 8.98. The van der Waals surface area contributed by atoms with Crippen molar-refractivity contribution in [3.05, 3.63) is 76.2 Å². The lowest BCUT2D eigenvalue weighted by Gasteiger charge is -2.07. The molecule has 3 rings (SSSR count). The van der Waals surface area contributed by atoms with Crippen molar-refractivity contribution in [3.8, 4) is 5.75 Å². The molecule has 0 spiro atoms. The third-order valence-electron chi connectivity index (χ3n) is 3.93. The van der Waals surface area contributed by atoms with Gasteiger partial charge in [0, 0.05) is 7.05 Å². The van der Waals surface area contributed by atoms with Crippen molar-refractivity contribution in [1.29, 1.82) is 0 Å². The van der Waals surface area contributed by atoms with E-state index in [1.54, 1.807) is 49.5 Å². The minimum absolute atomic E-state index is 0.132. The lowest BCUT2D eigenvalue weighted by molar-refractivity contribution is -0.121. The van der Waals surface area contributed by atoms with Crippen molar-refractivity contribution in [1.82, 2.24) is 4.90 Å². The second-order valence-electron chi connectivity index (χ2n) is 6.01. The van der Waals surface area contributed by atoms with Gasteiger partial charge in [0.1, 0.15) is 12.4 Å². The number of nitrogens with zero attached hydrogens (tertiary/aromatic N) is 2. The molecule has 0 aromatic heterocycles. The number of likely N-dealkylation sites (N-methyl/N-ethyl adjacent to an activating group) is 1. The van der Waals surface area contributed by atoms with Crippen LogP contribution in [0.1, 0.15) is 15.9 Å². The summed E-state index contributed by atoms with van der Waals surface area (Å²) in [6.45, 7) is 3.94. The van der Waals surface area contributed by atoms with Gasteiger partial charge in [0.05, 0.1) is 21.2 Å². The quantitative estimate of drug-likeness (QED) is 0.526. The van der Waals surface area contributed by atoms with Crippen molar-refractivity contribution >= 4 is 52.2 Å². The maximum atomic E-state index is 12.6. The van der Waals surface area contributed by atoms with Crippen LogP contribution in [0.25, 0.3) is 6.08 Å². The highest BCUT2D eigenvalue weighted by Crippen LogP contribution is 2.34. The molecule has 29 heavy (non-hydrogen) atoms. The Morgan fingerprint density at radius 3 is 2.83 bits per heavy atom. The highest BCUT2D eigenvalue weighted by molar-refractivity contribution is 8.18. The molecule has 1 fully saturated rings. The Hall–Kier alpha value is -3.03. The molecule has 1 N–H and O–H groups in total. The number of carbonyl (C=O) groups excluding carboxylic acids is 1. The van der Waals surface area contributed by atoms with Gasteiger partial charge in [-0.1, -0.05) is 36.4 Å². The molecule has 1 aliphatic heterocycles. The Balaban J connectivity index is 1.85. The minimum atomic E-state index is -1.03. The number of carboxylic acids is 1.